The van der Waals surface area contributed by atoms with Crippen molar-refractivity contribution < 1.29 is 9.52 Å². The molecule has 0 saturated heterocycles. The van der Waals surface area contributed by atoms with Crippen molar-refractivity contribution in [2.24, 2.45) is 0 Å². The standard InChI is InChI=1S/C12H14N2O2/c1-7-3-5-14-12(13)10(7)11(15)9-4-6-16-8(9)2/h3-6,11,15H,1-2H3,(H2,13,14). The maximum absolute atomic E-state index is 10.2. The number of pyridine rings is 1. The van der Waals surface area contributed by atoms with E-state index in [1.807, 2.05) is 13.0 Å². The minimum Gasteiger partial charge on any atom is -0.469 e. The molecule has 3 N–H and O–H groups in total. The fourth-order valence-electron chi connectivity index (χ4n) is 1.78. The van der Waals surface area contributed by atoms with Crippen molar-refractivity contribution >= 4 is 5.82 Å². The number of furan rings is 1. The van der Waals surface area contributed by atoms with E-state index in [2.05, 4.69) is 4.98 Å². The molecule has 0 spiro atoms. The van der Waals surface area contributed by atoms with Gasteiger partial charge in [-0.3, -0.25) is 0 Å². The van der Waals surface area contributed by atoms with Gasteiger partial charge in [0.15, 0.2) is 0 Å². The lowest BCUT2D eigenvalue weighted by atomic mass is 9.99. The number of aromatic nitrogens is 1. The summed E-state index contributed by atoms with van der Waals surface area (Å²) in [5.74, 6) is 1.04. The number of nitrogen functional groups attached to an aromatic ring is 1. The third-order valence-electron chi connectivity index (χ3n) is 2.71. The summed E-state index contributed by atoms with van der Waals surface area (Å²) in [6.45, 7) is 3.70. The molecule has 0 fully saturated rings. The van der Waals surface area contributed by atoms with Gasteiger partial charge in [0.1, 0.15) is 17.7 Å². The minimum atomic E-state index is -0.785. The highest BCUT2D eigenvalue weighted by Crippen LogP contribution is 2.30. The first-order valence-corrected chi connectivity index (χ1v) is 5.04. The molecule has 2 rings (SSSR count). The van der Waals surface area contributed by atoms with Crippen LogP contribution in [-0.4, -0.2) is 10.1 Å². The quantitative estimate of drug-likeness (QED) is 0.808. The van der Waals surface area contributed by atoms with Gasteiger partial charge in [-0.05, 0) is 31.5 Å². The van der Waals surface area contributed by atoms with Crippen molar-refractivity contribution in [3.8, 4) is 0 Å². The van der Waals surface area contributed by atoms with Crippen LogP contribution in [0.2, 0.25) is 0 Å². The van der Waals surface area contributed by atoms with E-state index in [0.717, 1.165) is 11.1 Å². The summed E-state index contributed by atoms with van der Waals surface area (Å²) in [5.41, 5.74) is 8.06. The lowest BCUT2D eigenvalue weighted by Crippen LogP contribution is -2.07. The van der Waals surface area contributed by atoms with Crippen LogP contribution in [0, 0.1) is 13.8 Å². The fraction of sp³-hybridized carbons (Fsp3) is 0.250. The minimum absolute atomic E-state index is 0.355. The molecule has 16 heavy (non-hydrogen) atoms. The molecule has 0 aromatic carbocycles. The molecule has 1 atom stereocenters. The molecule has 84 valence electrons. The Morgan fingerprint density at radius 1 is 1.38 bits per heavy atom. The molecule has 4 nitrogen and oxygen atoms in total. The fourth-order valence-corrected chi connectivity index (χ4v) is 1.78. The Labute approximate surface area is 93.7 Å². The molecule has 1 unspecified atom stereocenters. The molecule has 0 bridgehead atoms. The first-order valence-electron chi connectivity index (χ1n) is 5.04. The summed E-state index contributed by atoms with van der Waals surface area (Å²) in [7, 11) is 0. The van der Waals surface area contributed by atoms with Gasteiger partial charge in [-0.15, -0.1) is 0 Å². The molecule has 0 amide bonds. The third-order valence-corrected chi connectivity index (χ3v) is 2.71. The van der Waals surface area contributed by atoms with Crippen LogP contribution >= 0.6 is 0 Å². The van der Waals surface area contributed by atoms with E-state index in [1.165, 1.54) is 0 Å². The smallest absolute Gasteiger partial charge is 0.129 e. The Morgan fingerprint density at radius 3 is 2.69 bits per heavy atom. The molecule has 0 saturated carbocycles. The summed E-state index contributed by atoms with van der Waals surface area (Å²) < 4.78 is 5.17. The number of aliphatic hydroxyl groups excluding tert-OH is 1. The van der Waals surface area contributed by atoms with Crippen LogP contribution in [0.25, 0.3) is 0 Å². The lowest BCUT2D eigenvalue weighted by molar-refractivity contribution is 0.217. The van der Waals surface area contributed by atoms with Crippen LogP contribution in [0.15, 0.2) is 29.0 Å². The van der Waals surface area contributed by atoms with Crippen LogP contribution in [0.3, 0.4) is 0 Å². The zero-order valence-corrected chi connectivity index (χ0v) is 9.27. The highest BCUT2D eigenvalue weighted by molar-refractivity contribution is 5.49. The zero-order valence-electron chi connectivity index (χ0n) is 9.27. The van der Waals surface area contributed by atoms with Gasteiger partial charge < -0.3 is 15.3 Å². The van der Waals surface area contributed by atoms with E-state index in [-0.39, 0.29) is 0 Å². The first-order chi connectivity index (χ1) is 7.61. The monoisotopic (exact) mass is 218 g/mol. The van der Waals surface area contributed by atoms with E-state index >= 15 is 0 Å². The van der Waals surface area contributed by atoms with E-state index in [4.69, 9.17) is 10.2 Å². The number of hydrogen-bond acceptors (Lipinski definition) is 4. The summed E-state index contributed by atoms with van der Waals surface area (Å²) in [6, 6.07) is 3.57. The lowest BCUT2D eigenvalue weighted by Gasteiger charge is -2.14. The number of aliphatic hydroxyl groups is 1. The maximum atomic E-state index is 10.2. The third kappa shape index (κ3) is 1.67. The van der Waals surface area contributed by atoms with Gasteiger partial charge in [0.05, 0.1) is 6.26 Å². The number of aryl methyl sites for hydroxylation is 2. The summed E-state index contributed by atoms with van der Waals surface area (Å²) in [5, 5.41) is 10.2. The number of nitrogens with two attached hydrogens (primary N) is 1. The predicted molar refractivity (Wildman–Crippen MR) is 60.9 cm³/mol. The average Bonchev–Trinajstić information content (AvgIpc) is 2.64. The Hall–Kier alpha value is -1.81. The van der Waals surface area contributed by atoms with E-state index < -0.39 is 6.10 Å². The van der Waals surface area contributed by atoms with Crippen LogP contribution in [0.4, 0.5) is 5.82 Å². The van der Waals surface area contributed by atoms with Crippen molar-refractivity contribution in [3.63, 3.8) is 0 Å². The normalized spacial score (nSPS) is 12.7. The van der Waals surface area contributed by atoms with Crippen molar-refractivity contribution in [1.29, 1.82) is 0 Å². The summed E-state index contributed by atoms with van der Waals surface area (Å²) >= 11 is 0. The van der Waals surface area contributed by atoms with Gasteiger partial charge in [-0.1, -0.05) is 0 Å². The topological polar surface area (TPSA) is 72.3 Å². The van der Waals surface area contributed by atoms with Crippen molar-refractivity contribution in [3.05, 3.63) is 47.0 Å². The SMILES string of the molecule is Cc1ccnc(N)c1C(O)c1ccoc1C. The molecule has 0 aliphatic heterocycles. The van der Waals surface area contributed by atoms with Gasteiger partial charge in [0.2, 0.25) is 0 Å². The molecule has 2 aromatic rings. The Bertz CT molecular complexity index is 485. The highest BCUT2D eigenvalue weighted by Gasteiger charge is 2.19. The number of anilines is 1. The molecule has 2 heterocycles. The Morgan fingerprint density at radius 2 is 2.12 bits per heavy atom. The number of nitrogens with zero attached hydrogens (tertiary/aromatic N) is 1. The number of rotatable bonds is 2. The van der Waals surface area contributed by atoms with Crippen LogP contribution in [0.1, 0.15) is 28.6 Å². The number of hydrogen-bond donors (Lipinski definition) is 2. The Balaban J connectivity index is 2.49. The van der Waals surface area contributed by atoms with Gasteiger partial charge in [0.25, 0.3) is 0 Å². The molecule has 2 aromatic heterocycles. The predicted octanol–water partition coefficient (Wildman–Crippen LogP) is 1.96. The maximum Gasteiger partial charge on any atom is 0.129 e. The van der Waals surface area contributed by atoms with E-state index in [9.17, 15) is 5.11 Å². The second-order valence-corrected chi connectivity index (χ2v) is 3.76. The first kappa shape index (κ1) is 10.7. The summed E-state index contributed by atoms with van der Waals surface area (Å²) in [4.78, 5) is 3.99. The zero-order chi connectivity index (χ0) is 11.7. The van der Waals surface area contributed by atoms with Crippen molar-refractivity contribution in [2.75, 3.05) is 5.73 Å². The second kappa shape index (κ2) is 3.98. The molecule has 0 aliphatic carbocycles. The molecule has 0 aliphatic rings. The van der Waals surface area contributed by atoms with Gasteiger partial charge in [-0.2, -0.15) is 0 Å². The van der Waals surface area contributed by atoms with Gasteiger partial charge in [0, 0.05) is 17.3 Å². The van der Waals surface area contributed by atoms with E-state index in [0.29, 0.717) is 17.1 Å². The van der Waals surface area contributed by atoms with Crippen LogP contribution in [0.5, 0.6) is 0 Å². The van der Waals surface area contributed by atoms with Crippen molar-refractivity contribution in [1.82, 2.24) is 4.98 Å². The second-order valence-electron chi connectivity index (χ2n) is 3.76. The molecular formula is C12H14N2O2. The summed E-state index contributed by atoms with van der Waals surface area (Å²) in [6.07, 6.45) is 2.39. The molecular weight excluding hydrogens is 204 g/mol. The largest absolute Gasteiger partial charge is 0.469 e. The van der Waals surface area contributed by atoms with Crippen LogP contribution in [-0.2, 0) is 0 Å². The Kier molecular flexibility index (Phi) is 2.66. The van der Waals surface area contributed by atoms with Gasteiger partial charge >= 0.3 is 0 Å². The van der Waals surface area contributed by atoms with Crippen molar-refractivity contribution in [2.45, 2.75) is 20.0 Å². The van der Waals surface area contributed by atoms with Crippen LogP contribution < -0.4 is 5.73 Å². The van der Waals surface area contributed by atoms with E-state index in [1.54, 1.807) is 25.5 Å². The molecule has 0 radical (unpaired) electrons. The highest BCUT2D eigenvalue weighted by atomic mass is 16.3. The van der Waals surface area contributed by atoms with Gasteiger partial charge in [-0.25, -0.2) is 4.98 Å². The average molecular weight is 218 g/mol. The molecule has 4 heteroatoms.